The predicted octanol–water partition coefficient (Wildman–Crippen LogP) is 3.28. The van der Waals surface area contributed by atoms with Crippen molar-refractivity contribution < 1.29 is 9.72 Å². The Bertz CT molecular complexity index is 633. The van der Waals surface area contributed by atoms with Crippen molar-refractivity contribution in [1.29, 1.82) is 0 Å². The number of allylic oxidation sites excluding steroid dienone is 2. The molecule has 1 aliphatic rings. The van der Waals surface area contributed by atoms with Gasteiger partial charge in [-0.1, -0.05) is 37.6 Å². The molecule has 22 heavy (non-hydrogen) atoms. The Hall–Kier alpha value is -2.37. The number of para-hydroxylation sites is 2. The smallest absolute Gasteiger partial charge is 0.292 e. The highest BCUT2D eigenvalue weighted by molar-refractivity contribution is 5.85. The molecule has 0 bridgehead atoms. The number of hydrogen-bond acceptors (Lipinski definition) is 4. The number of anilines is 1. The number of nitro groups is 1. The summed E-state index contributed by atoms with van der Waals surface area (Å²) in [6.07, 6.45) is 2.11. The minimum Gasteiger partial charge on any atom is -0.292 e. The minimum absolute atomic E-state index is 0.0706. The number of nitrogens with zero attached hydrogens (tertiary/aromatic N) is 1. The van der Waals surface area contributed by atoms with E-state index in [4.69, 9.17) is 0 Å². The normalized spacial score (nSPS) is 21.6. The van der Waals surface area contributed by atoms with Gasteiger partial charge >= 0.3 is 0 Å². The zero-order valence-corrected chi connectivity index (χ0v) is 13.2. The lowest BCUT2D eigenvalue weighted by atomic mass is 10.1. The number of nitrogens with one attached hydrogen (secondary N) is 2. The standard InChI is InChI=1S/C16H21N3O3/c1-10(2)9-11-14(16(11,3)4)15(20)18-17-12-7-5-6-8-13(12)19(21)22/h5-9,11,14,17H,1-4H3,(H,18,20)/t11-,14+/m0/s1. The summed E-state index contributed by atoms with van der Waals surface area (Å²) in [6, 6.07) is 6.21. The van der Waals surface area contributed by atoms with Crippen LogP contribution in [-0.4, -0.2) is 10.8 Å². The Balaban J connectivity index is 2.03. The molecule has 1 amide bonds. The molecule has 1 aliphatic carbocycles. The number of hydrogen-bond donors (Lipinski definition) is 2. The maximum Gasteiger partial charge on any atom is 0.294 e. The summed E-state index contributed by atoms with van der Waals surface area (Å²) in [5.41, 5.74) is 6.55. The summed E-state index contributed by atoms with van der Waals surface area (Å²) in [5, 5.41) is 10.9. The van der Waals surface area contributed by atoms with Crippen molar-refractivity contribution in [1.82, 2.24) is 5.43 Å². The molecule has 1 aromatic carbocycles. The number of hydrazine groups is 1. The zero-order valence-electron chi connectivity index (χ0n) is 13.2. The Morgan fingerprint density at radius 3 is 2.55 bits per heavy atom. The van der Waals surface area contributed by atoms with Crippen LogP contribution >= 0.6 is 0 Å². The fraction of sp³-hybridized carbons (Fsp3) is 0.438. The van der Waals surface area contributed by atoms with Crippen LogP contribution in [0.5, 0.6) is 0 Å². The van der Waals surface area contributed by atoms with E-state index in [2.05, 4.69) is 16.9 Å². The van der Waals surface area contributed by atoms with Gasteiger partial charge in [0, 0.05) is 6.07 Å². The number of benzene rings is 1. The van der Waals surface area contributed by atoms with Crippen molar-refractivity contribution >= 4 is 17.3 Å². The van der Waals surface area contributed by atoms with Gasteiger partial charge in [0.25, 0.3) is 5.69 Å². The second-order valence-electron chi connectivity index (χ2n) is 6.46. The number of amides is 1. The topological polar surface area (TPSA) is 84.3 Å². The number of rotatable bonds is 5. The quantitative estimate of drug-likeness (QED) is 0.496. The van der Waals surface area contributed by atoms with Crippen molar-refractivity contribution in [2.75, 3.05) is 5.43 Å². The van der Waals surface area contributed by atoms with Crippen LogP contribution in [0.15, 0.2) is 35.9 Å². The Morgan fingerprint density at radius 2 is 1.95 bits per heavy atom. The van der Waals surface area contributed by atoms with Gasteiger partial charge < -0.3 is 0 Å². The van der Waals surface area contributed by atoms with Crippen LogP contribution in [0.1, 0.15) is 27.7 Å². The molecular formula is C16H21N3O3. The van der Waals surface area contributed by atoms with Gasteiger partial charge in [-0.15, -0.1) is 0 Å². The molecule has 2 rings (SSSR count). The number of nitro benzene ring substituents is 1. The summed E-state index contributed by atoms with van der Waals surface area (Å²) in [4.78, 5) is 22.7. The molecule has 0 radical (unpaired) electrons. The molecular weight excluding hydrogens is 282 g/mol. The van der Waals surface area contributed by atoms with Crippen molar-refractivity contribution in [2.24, 2.45) is 17.3 Å². The molecule has 1 saturated carbocycles. The van der Waals surface area contributed by atoms with Crippen LogP contribution in [0.3, 0.4) is 0 Å². The lowest BCUT2D eigenvalue weighted by Crippen LogP contribution is -2.32. The third-order valence-corrected chi connectivity index (χ3v) is 4.13. The summed E-state index contributed by atoms with van der Waals surface area (Å²) >= 11 is 0. The second-order valence-corrected chi connectivity index (χ2v) is 6.46. The third-order valence-electron chi connectivity index (χ3n) is 4.13. The molecule has 0 aromatic heterocycles. The van der Waals surface area contributed by atoms with E-state index in [9.17, 15) is 14.9 Å². The monoisotopic (exact) mass is 303 g/mol. The van der Waals surface area contributed by atoms with Gasteiger partial charge in [-0.05, 0) is 31.2 Å². The molecule has 6 heteroatoms. The fourth-order valence-corrected chi connectivity index (χ4v) is 2.79. The highest BCUT2D eigenvalue weighted by Crippen LogP contribution is 2.59. The molecule has 0 saturated heterocycles. The van der Waals surface area contributed by atoms with Crippen LogP contribution in [-0.2, 0) is 4.79 Å². The fourth-order valence-electron chi connectivity index (χ4n) is 2.79. The van der Waals surface area contributed by atoms with E-state index in [-0.39, 0.29) is 34.5 Å². The van der Waals surface area contributed by atoms with Crippen molar-refractivity contribution in [3.63, 3.8) is 0 Å². The van der Waals surface area contributed by atoms with Crippen LogP contribution in [0.2, 0.25) is 0 Å². The van der Waals surface area contributed by atoms with Crippen LogP contribution in [0.25, 0.3) is 0 Å². The van der Waals surface area contributed by atoms with Gasteiger partial charge in [-0.2, -0.15) is 0 Å². The molecule has 0 aliphatic heterocycles. The first-order valence-corrected chi connectivity index (χ1v) is 7.19. The highest BCUT2D eigenvalue weighted by atomic mass is 16.6. The van der Waals surface area contributed by atoms with Gasteiger partial charge in [0.15, 0.2) is 0 Å². The van der Waals surface area contributed by atoms with Crippen LogP contribution in [0.4, 0.5) is 11.4 Å². The average Bonchev–Trinajstić information content (AvgIpc) is 2.96. The molecule has 118 valence electrons. The Morgan fingerprint density at radius 1 is 1.32 bits per heavy atom. The van der Waals surface area contributed by atoms with Crippen molar-refractivity contribution in [2.45, 2.75) is 27.7 Å². The van der Waals surface area contributed by atoms with E-state index in [0.29, 0.717) is 0 Å². The largest absolute Gasteiger partial charge is 0.294 e. The Kier molecular flexibility index (Phi) is 4.21. The van der Waals surface area contributed by atoms with Gasteiger partial charge in [-0.3, -0.25) is 25.8 Å². The second kappa shape index (κ2) is 5.79. The number of carbonyl (C=O) groups is 1. The molecule has 0 unspecified atom stereocenters. The molecule has 1 fully saturated rings. The van der Waals surface area contributed by atoms with Crippen molar-refractivity contribution in [3.05, 3.63) is 46.0 Å². The molecule has 0 heterocycles. The molecule has 1 aromatic rings. The first-order chi connectivity index (χ1) is 10.2. The van der Waals surface area contributed by atoms with Crippen molar-refractivity contribution in [3.8, 4) is 0 Å². The zero-order chi connectivity index (χ0) is 16.5. The summed E-state index contributed by atoms with van der Waals surface area (Å²) < 4.78 is 0. The Labute approximate surface area is 129 Å². The summed E-state index contributed by atoms with van der Waals surface area (Å²) in [5.74, 6) is -0.0756. The molecule has 0 spiro atoms. The summed E-state index contributed by atoms with van der Waals surface area (Å²) in [7, 11) is 0. The molecule has 6 nitrogen and oxygen atoms in total. The summed E-state index contributed by atoms with van der Waals surface area (Å²) in [6.45, 7) is 8.11. The minimum atomic E-state index is -0.485. The van der Waals surface area contributed by atoms with E-state index in [1.165, 1.54) is 11.6 Å². The van der Waals surface area contributed by atoms with Gasteiger partial charge in [0.05, 0.1) is 10.8 Å². The van der Waals surface area contributed by atoms with E-state index >= 15 is 0 Å². The predicted molar refractivity (Wildman–Crippen MR) is 85.1 cm³/mol. The van der Waals surface area contributed by atoms with E-state index in [1.54, 1.807) is 18.2 Å². The van der Waals surface area contributed by atoms with Crippen LogP contribution in [0, 0.1) is 27.4 Å². The maximum absolute atomic E-state index is 12.3. The lowest BCUT2D eigenvalue weighted by molar-refractivity contribution is -0.384. The van der Waals surface area contributed by atoms with Crippen LogP contribution < -0.4 is 10.9 Å². The SMILES string of the molecule is CC(C)=C[C@H]1[C@H](C(=O)NNc2ccccc2[N+](=O)[O-])C1(C)C. The maximum atomic E-state index is 12.3. The first-order valence-electron chi connectivity index (χ1n) is 7.19. The lowest BCUT2D eigenvalue weighted by Gasteiger charge is -2.09. The third kappa shape index (κ3) is 3.10. The van der Waals surface area contributed by atoms with E-state index < -0.39 is 4.92 Å². The first kappa shape index (κ1) is 16.0. The van der Waals surface area contributed by atoms with Gasteiger partial charge in [0.1, 0.15) is 5.69 Å². The van der Waals surface area contributed by atoms with Gasteiger partial charge in [-0.25, -0.2) is 0 Å². The molecule has 2 N–H and O–H groups in total. The van der Waals surface area contributed by atoms with E-state index in [1.807, 2.05) is 27.7 Å². The number of carbonyl (C=O) groups excluding carboxylic acids is 1. The highest BCUT2D eigenvalue weighted by Gasteiger charge is 2.60. The average molecular weight is 303 g/mol. The van der Waals surface area contributed by atoms with E-state index in [0.717, 1.165) is 0 Å². The van der Waals surface area contributed by atoms with Gasteiger partial charge in [0.2, 0.25) is 5.91 Å². The molecule has 2 atom stereocenters.